The van der Waals surface area contributed by atoms with E-state index in [0.29, 0.717) is 11.7 Å². The summed E-state index contributed by atoms with van der Waals surface area (Å²) in [6.45, 7) is 1.15. The van der Waals surface area contributed by atoms with Crippen molar-refractivity contribution in [3.05, 3.63) is 29.8 Å². The number of hydrogen-bond acceptors (Lipinski definition) is 2. The van der Waals surface area contributed by atoms with Crippen LogP contribution in [0.3, 0.4) is 0 Å². The Balaban J connectivity index is 0.00000162. The summed E-state index contributed by atoms with van der Waals surface area (Å²) in [4.78, 5) is 2.28. The molecule has 2 unspecified atom stereocenters. The second-order valence-electron chi connectivity index (χ2n) is 5.51. The molecular weight excluding hydrogens is 417 g/mol. The molecule has 1 N–H and O–H groups in total. The summed E-state index contributed by atoms with van der Waals surface area (Å²) in [5.41, 5.74) is 1.32. The first kappa shape index (κ1) is 16.0. The van der Waals surface area contributed by atoms with Gasteiger partial charge in [-0.25, -0.2) is 0 Å². The number of rotatable bonds is 3. The van der Waals surface area contributed by atoms with E-state index in [2.05, 4.69) is 25.1 Å². The summed E-state index contributed by atoms with van der Waals surface area (Å²) in [6.07, 6.45) is 5.26. The van der Waals surface area contributed by atoms with E-state index < -0.39 is 0 Å². The van der Waals surface area contributed by atoms with Gasteiger partial charge in [-0.15, -0.1) is 0 Å². The Hall–Kier alpha value is -0.0979. The molecule has 3 heteroatoms. The van der Waals surface area contributed by atoms with Gasteiger partial charge in [-0.2, -0.15) is 0 Å². The number of benzene rings is 1. The molecule has 0 aromatic heterocycles. The van der Waals surface area contributed by atoms with Crippen LogP contribution in [0.4, 0.5) is 0 Å². The van der Waals surface area contributed by atoms with E-state index >= 15 is 0 Å². The second-order valence-corrected chi connectivity index (χ2v) is 5.51. The van der Waals surface area contributed by atoms with Gasteiger partial charge in [-0.1, -0.05) is 25.0 Å². The number of phenols is 1. The fraction of sp³-hybridized carbons (Fsp3) is 0.600. The molecule has 0 bridgehead atoms. The monoisotopic (exact) mass is 443 g/mol. The van der Waals surface area contributed by atoms with E-state index in [1.165, 1.54) is 31.2 Å². The van der Waals surface area contributed by atoms with Crippen LogP contribution < -0.4 is 0 Å². The first-order valence-electron chi connectivity index (χ1n) is 6.60. The van der Waals surface area contributed by atoms with Crippen LogP contribution in [0, 0.1) is 5.92 Å². The van der Waals surface area contributed by atoms with Gasteiger partial charge in [-0.3, -0.25) is 0 Å². The molecule has 2 nitrogen and oxygen atoms in total. The molecule has 2 atom stereocenters. The Kier molecular flexibility index (Phi) is 6.63. The van der Waals surface area contributed by atoms with Crippen LogP contribution in [-0.4, -0.2) is 57.9 Å². The molecule has 1 fully saturated rings. The zero-order valence-electron chi connectivity index (χ0n) is 11.6. The summed E-state index contributed by atoms with van der Waals surface area (Å²) < 4.78 is 0. The van der Waals surface area contributed by atoms with Crippen LogP contribution in [0.15, 0.2) is 24.3 Å². The fourth-order valence-electron chi connectivity index (χ4n) is 3.09. The van der Waals surface area contributed by atoms with Gasteiger partial charge in [0.05, 0.1) is 0 Å². The van der Waals surface area contributed by atoms with Gasteiger partial charge in [0.25, 0.3) is 0 Å². The van der Waals surface area contributed by atoms with Crippen molar-refractivity contribution in [3.8, 4) is 5.75 Å². The summed E-state index contributed by atoms with van der Waals surface area (Å²) in [6, 6.07) is 7.83. The minimum atomic E-state index is 0. The minimum absolute atomic E-state index is 0. The number of aromatic hydroxyl groups is 1. The molecule has 100 valence electrons. The summed E-state index contributed by atoms with van der Waals surface area (Å²) in [5.74, 6) is 1.76. The van der Waals surface area contributed by atoms with Crippen LogP contribution in [0.25, 0.3) is 0 Å². The maximum atomic E-state index is 9.60. The van der Waals surface area contributed by atoms with Gasteiger partial charge in [0.2, 0.25) is 0 Å². The van der Waals surface area contributed by atoms with E-state index in [0.717, 1.165) is 12.5 Å². The van der Waals surface area contributed by atoms with Crippen molar-refractivity contribution in [2.45, 2.75) is 31.6 Å². The molecule has 0 spiro atoms. The molecule has 1 aromatic carbocycles. The van der Waals surface area contributed by atoms with Crippen LogP contribution in [0.1, 0.15) is 37.2 Å². The third-order valence-electron chi connectivity index (χ3n) is 3.81. The molecule has 2 radical (unpaired) electrons. The Bertz CT molecular complexity index is 367. The van der Waals surface area contributed by atoms with Crippen molar-refractivity contribution in [3.63, 3.8) is 0 Å². The maximum absolute atomic E-state index is 9.60. The van der Waals surface area contributed by atoms with Crippen molar-refractivity contribution >= 4 is 27.3 Å². The molecule has 2 rings (SSSR count). The summed E-state index contributed by atoms with van der Waals surface area (Å²) >= 11 is 0. The van der Waals surface area contributed by atoms with E-state index in [-0.39, 0.29) is 27.3 Å². The van der Waals surface area contributed by atoms with Gasteiger partial charge in [0.15, 0.2) is 0 Å². The zero-order chi connectivity index (χ0) is 12.3. The molecule has 18 heavy (non-hydrogen) atoms. The molecule has 0 aliphatic heterocycles. The average molecular weight is 443 g/mol. The third kappa shape index (κ3) is 4.23. The molecule has 1 aliphatic rings. The molecular formula is C15H25NOPb. The Morgan fingerprint density at radius 1 is 1.22 bits per heavy atom. The van der Waals surface area contributed by atoms with E-state index in [4.69, 9.17) is 0 Å². The van der Waals surface area contributed by atoms with Gasteiger partial charge < -0.3 is 10.0 Å². The van der Waals surface area contributed by atoms with Crippen LogP contribution in [0.5, 0.6) is 5.75 Å². The van der Waals surface area contributed by atoms with Crippen molar-refractivity contribution in [2.75, 3.05) is 20.6 Å². The van der Waals surface area contributed by atoms with Crippen LogP contribution in [-0.2, 0) is 0 Å². The number of nitrogens with zero attached hydrogens (tertiary/aromatic N) is 1. The standard InChI is InChI=1S/C15H23NO.Pb.2H/c1-16(2)11-13-6-3-4-9-15(13)12-7-5-8-14(17)10-12;;;/h5,7-8,10,13,15,17H,3-4,6,9,11H2,1-2H3;;;. The zero-order valence-corrected chi connectivity index (χ0v) is 17.1. The SMILES string of the molecule is CN(C)CC1CCCCC1c1cccc(O)c1.[PbH2]. The summed E-state index contributed by atoms with van der Waals surface area (Å²) in [7, 11) is 4.29. The molecule has 1 saturated carbocycles. The quantitative estimate of drug-likeness (QED) is 0.727. The second kappa shape index (κ2) is 7.48. The Morgan fingerprint density at radius 3 is 2.61 bits per heavy atom. The Morgan fingerprint density at radius 2 is 1.94 bits per heavy atom. The van der Waals surface area contributed by atoms with Crippen molar-refractivity contribution in [1.29, 1.82) is 0 Å². The van der Waals surface area contributed by atoms with Crippen molar-refractivity contribution in [1.82, 2.24) is 4.90 Å². The van der Waals surface area contributed by atoms with Gasteiger partial charge >= 0.3 is 27.3 Å². The molecule has 1 aromatic rings. The van der Waals surface area contributed by atoms with Gasteiger partial charge in [0, 0.05) is 6.54 Å². The molecule has 0 saturated heterocycles. The van der Waals surface area contributed by atoms with E-state index in [1.54, 1.807) is 6.07 Å². The number of hydrogen-bond donors (Lipinski definition) is 1. The van der Waals surface area contributed by atoms with E-state index in [9.17, 15) is 5.11 Å². The molecule has 0 amide bonds. The van der Waals surface area contributed by atoms with Crippen LogP contribution in [0.2, 0.25) is 0 Å². The van der Waals surface area contributed by atoms with Gasteiger partial charge in [0.1, 0.15) is 5.75 Å². The van der Waals surface area contributed by atoms with Crippen LogP contribution >= 0.6 is 0 Å². The average Bonchev–Trinajstić information content (AvgIpc) is 2.29. The normalized spacial score (nSPS) is 23.7. The fourth-order valence-corrected chi connectivity index (χ4v) is 3.09. The Labute approximate surface area is 131 Å². The topological polar surface area (TPSA) is 23.5 Å². The first-order valence-corrected chi connectivity index (χ1v) is 6.60. The molecule has 1 aliphatic carbocycles. The first-order chi connectivity index (χ1) is 8.16. The van der Waals surface area contributed by atoms with E-state index in [1.807, 2.05) is 12.1 Å². The summed E-state index contributed by atoms with van der Waals surface area (Å²) in [5, 5.41) is 9.60. The third-order valence-corrected chi connectivity index (χ3v) is 3.81. The predicted molar refractivity (Wildman–Crippen MR) is 79.9 cm³/mol. The van der Waals surface area contributed by atoms with Crippen molar-refractivity contribution in [2.24, 2.45) is 5.92 Å². The molecule has 0 heterocycles. The van der Waals surface area contributed by atoms with Gasteiger partial charge in [-0.05, 0) is 56.5 Å². The predicted octanol–water partition coefficient (Wildman–Crippen LogP) is 2.31. The number of phenolic OH excluding ortho intramolecular Hbond substituents is 1. The van der Waals surface area contributed by atoms with Crippen molar-refractivity contribution < 1.29 is 5.11 Å².